The monoisotopic (exact) mass is 281 g/mol. The van der Waals surface area contributed by atoms with Crippen LogP contribution in [0, 0.1) is 5.41 Å². The summed E-state index contributed by atoms with van der Waals surface area (Å²) in [4.78, 5) is 25.7. The highest BCUT2D eigenvalue weighted by Gasteiger charge is 2.43. The fourth-order valence-corrected chi connectivity index (χ4v) is 3.62. The average Bonchev–Trinajstić information content (AvgIpc) is 3.11. The van der Waals surface area contributed by atoms with Crippen LogP contribution >= 0.6 is 11.3 Å². The van der Waals surface area contributed by atoms with E-state index in [0.29, 0.717) is 4.88 Å². The summed E-state index contributed by atoms with van der Waals surface area (Å²) in [5, 5.41) is 8.88. The first-order valence-electron chi connectivity index (χ1n) is 6.30. The zero-order valence-electron chi connectivity index (χ0n) is 10.4. The summed E-state index contributed by atoms with van der Waals surface area (Å²) in [6, 6.07) is 3.09. The van der Waals surface area contributed by atoms with Gasteiger partial charge in [0.15, 0.2) is 0 Å². The maximum Gasteiger partial charge on any atom is 0.345 e. The number of rotatable bonds is 2. The van der Waals surface area contributed by atoms with Crippen LogP contribution in [0.2, 0.25) is 0 Å². The number of thiophene rings is 1. The molecule has 0 unspecified atom stereocenters. The first-order valence-corrected chi connectivity index (χ1v) is 7.11. The second kappa shape index (κ2) is 4.61. The minimum absolute atomic E-state index is 0.0544. The molecule has 5 nitrogen and oxygen atoms in total. The van der Waals surface area contributed by atoms with Gasteiger partial charge in [0.05, 0.1) is 11.5 Å². The lowest BCUT2D eigenvalue weighted by atomic mass is 9.87. The Kier molecular flexibility index (Phi) is 3.06. The van der Waals surface area contributed by atoms with Gasteiger partial charge in [-0.05, 0) is 25.0 Å². The van der Waals surface area contributed by atoms with Crippen molar-refractivity contribution in [3.63, 3.8) is 0 Å². The number of carbonyl (C=O) groups is 2. The Hall–Kier alpha value is -1.40. The van der Waals surface area contributed by atoms with Gasteiger partial charge in [0.25, 0.3) is 5.91 Å². The van der Waals surface area contributed by atoms with Crippen molar-refractivity contribution < 1.29 is 19.4 Å². The van der Waals surface area contributed by atoms with Crippen molar-refractivity contribution in [3.8, 4) is 0 Å². The summed E-state index contributed by atoms with van der Waals surface area (Å²) < 4.78 is 5.44. The van der Waals surface area contributed by atoms with E-state index in [1.165, 1.54) is 6.07 Å². The number of hydrogen-bond acceptors (Lipinski definition) is 4. The smallest absolute Gasteiger partial charge is 0.345 e. The molecule has 2 aliphatic rings. The predicted molar refractivity (Wildman–Crippen MR) is 69.7 cm³/mol. The molecule has 0 aliphatic carbocycles. The second-order valence-electron chi connectivity index (χ2n) is 5.25. The number of hydrogen-bond donors (Lipinski definition) is 1. The van der Waals surface area contributed by atoms with E-state index in [0.717, 1.165) is 50.5 Å². The third-order valence-corrected chi connectivity index (χ3v) is 5.00. The van der Waals surface area contributed by atoms with Crippen molar-refractivity contribution in [1.82, 2.24) is 4.90 Å². The molecule has 0 saturated carbocycles. The van der Waals surface area contributed by atoms with Crippen molar-refractivity contribution >= 4 is 23.2 Å². The number of carboxylic acid groups (broad SMARTS) is 1. The second-order valence-corrected chi connectivity index (χ2v) is 6.33. The molecular formula is C13H15NO4S. The molecule has 0 aromatic carbocycles. The minimum atomic E-state index is -0.980. The normalized spacial score (nSPS) is 26.2. The fourth-order valence-electron chi connectivity index (χ4n) is 2.80. The number of ether oxygens (including phenoxy) is 1. The van der Waals surface area contributed by atoms with E-state index >= 15 is 0 Å². The molecule has 2 fully saturated rings. The third-order valence-electron chi connectivity index (χ3n) is 3.94. The molecule has 3 heterocycles. The van der Waals surface area contributed by atoms with E-state index in [-0.39, 0.29) is 16.2 Å². The molecule has 1 aromatic heterocycles. The largest absolute Gasteiger partial charge is 0.477 e. The van der Waals surface area contributed by atoms with Gasteiger partial charge in [-0.3, -0.25) is 4.79 Å². The molecule has 1 amide bonds. The molecule has 0 radical (unpaired) electrons. The first-order chi connectivity index (χ1) is 9.10. The molecule has 3 rings (SSSR count). The maximum absolute atomic E-state index is 12.3. The van der Waals surface area contributed by atoms with Crippen molar-refractivity contribution in [3.05, 3.63) is 21.9 Å². The number of carbonyl (C=O) groups excluding carboxylic acids is 1. The summed E-state index contributed by atoms with van der Waals surface area (Å²) in [6.07, 6.45) is 2.00. The van der Waals surface area contributed by atoms with Crippen molar-refractivity contribution in [2.24, 2.45) is 5.41 Å². The van der Waals surface area contributed by atoms with Crippen molar-refractivity contribution in [2.45, 2.75) is 12.8 Å². The number of likely N-dealkylation sites (tertiary alicyclic amines) is 1. The van der Waals surface area contributed by atoms with Crippen LogP contribution in [-0.2, 0) is 4.74 Å². The lowest BCUT2D eigenvalue weighted by Crippen LogP contribution is -2.32. The van der Waals surface area contributed by atoms with E-state index < -0.39 is 5.97 Å². The summed E-state index contributed by atoms with van der Waals surface area (Å²) in [5.41, 5.74) is 0.141. The van der Waals surface area contributed by atoms with E-state index in [4.69, 9.17) is 9.84 Å². The van der Waals surface area contributed by atoms with Crippen LogP contribution in [0.15, 0.2) is 12.1 Å². The lowest BCUT2D eigenvalue weighted by molar-refractivity contribution is 0.0701. The Morgan fingerprint density at radius 1 is 1.32 bits per heavy atom. The molecule has 1 N–H and O–H groups in total. The molecule has 19 heavy (non-hydrogen) atoms. The summed E-state index contributed by atoms with van der Waals surface area (Å²) in [7, 11) is 0. The molecule has 102 valence electrons. The summed E-state index contributed by atoms with van der Waals surface area (Å²) in [5.74, 6) is -1.03. The van der Waals surface area contributed by atoms with Crippen LogP contribution < -0.4 is 0 Å². The lowest BCUT2D eigenvalue weighted by Gasteiger charge is -2.21. The third kappa shape index (κ3) is 2.26. The Labute approximate surface area is 114 Å². The van der Waals surface area contributed by atoms with Crippen molar-refractivity contribution in [2.75, 3.05) is 26.3 Å². The van der Waals surface area contributed by atoms with E-state index in [2.05, 4.69) is 0 Å². The highest BCUT2D eigenvalue weighted by Crippen LogP contribution is 2.38. The highest BCUT2D eigenvalue weighted by molar-refractivity contribution is 7.15. The fraction of sp³-hybridized carbons (Fsp3) is 0.538. The minimum Gasteiger partial charge on any atom is -0.477 e. The standard InChI is InChI=1S/C13H15NO4S/c15-11(9-1-2-10(19-9)12(16)17)14-5-3-13(7-14)4-6-18-8-13/h1-2H,3-8H2,(H,16,17)/t13-/m0/s1. The highest BCUT2D eigenvalue weighted by atomic mass is 32.1. The average molecular weight is 281 g/mol. The molecule has 1 atom stereocenters. The van der Waals surface area contributed by atoms with Crippen LogP contribution in [-0.4, -0.2) is 48.2 Å². The quantitative estimate of drug-likeness (QED) is 0.896. The van der Waals surface area contributed by atoms with Gasteiger partial charge in [-0.15, -0.1) is 11.3 Å². The van der Waals surface area contributed by atoms with Crippen molar-refractivity contribution in [1.29, 1.82) is 0 Å². The van der Waals surface area contributed by atoms with Crippen LogP contribution in [0.3, 0.4) is 0 Å². The van der Waals surface area contributed by atoms with Gasteiger partial charge in [-0.25, -0.2) is 4.79 Å². The van der Waals surface area contributed by atoms with E-state index in [1.807, 2.05) is 4.90 Å². The summed E-state index contributed by atoms with van der Waals surface area (Å²) in [6.45, 7) is 2.99. The molecule has 2 aliphatic heterocycles. The van der Waals surface area contributed by atoms with Crippen LogP contribution in [0.4, 0.5) is 0 Å². The molecule has 1 spiro atoms. The first kappa shape index (κ1) is 12.6. The predicted octanol–water partition coefficient (Wildman–Crippen LogP) is 1.70. The summed E-state index contributed by atoms with van der Waals surface area (Å²) >= 11 is 1.04. The van der Waals surface area contributed by atoms with Gasteiger partial charge in [-0.2, -0.15) is 0 Å². The van der Waals surface area contributed by atoms with Gasteiger partial charge in [-0.1, -0.05) is 0 Å². The Bertz CT molecular complexity index is 518. The molecule has 2 saturated heterocycles. The zero-order valence-corrected chi connectivity index (χ0v) is 11.2. The van der Waals surface area contributed by atoms with Gasteiger partial charge < -0.3 is 14.7 Å². The van der Waals surface area contributed by atoms with E-state index in [1.54, 1.807) is 6.07 Å². The number of aromatic carboxylic acids is 1. The topological polar surface area (TPSA) is 66.8 Å². The zero-order chi connectivity index (χ0) is 13.5. The number of carboxylic acids is 1. The SMILES string of the molecule is O=C(O)c1ccc(C(=O)N2CC[C@]3(CCOC3)C2)s1. The molecule has 6 heteroatoms. The Morgan fingerprint density at radius 3 is 2.74 bits per heavy atom. The Morgan fingerprint density at radius 2 is 2.11 bits per heavy atom. The molecular weight excluding hydrogens is 266 g/mol. The van der Waals surface area contributed by atoms with Gasteiger partial charge >= 0.3 is 5.97 Å². The maximum atomic E-state index is 12.3. The van der Waals surface area contributed by atoms with Gasteiger partial charge in [0, 0.05) is 25.1 Å². The number of amides is 1. The van der Waals surface area contributed by atoms with Crippen LogP contribution in [0.25, 0.3) is 0 Å². The molecule has 0 bridgehead atoms. The van der Waals surface area contributed by atoms with E-state index in [9.17, 15) is 9.59 Å². The van der Waals surface area contributed by atoms with Crippen LogP contribution in [0.1, 0.15) is 32.2 Å². The molecule has 1 aromatic rings. The van der Waals surface area contributed by atoms with Gasteiger partial charge in [0.2, 0.25) is 0 Å². The Balaban J connectivity index is 1.72. The number of nitrogens with zero attached hydrogens (tertiary/aromatic N) is 1. The van der Waals surface area contributed by atoms with Gasteiger partial charge in [0.1, 0.15) is 4.88 Å². The van der Waals surface area contributed by atoms with Crippen LogP contribution in [0.5, 0.6) is 0 Å².